The highest BCUT2D eigenvalue weighted by Crippen LogP contribution is 2.29. The van der Waals surface area contributed by atoms with E-state index in [2.05, 4.69) is 10.6 Å². The van der Waals surface area contributed by atoms with Gasteiger partial charge in [0.05, 0.1) is 27.3 Å². The summed E-state index contributed by atoms with van der Waals surface area (Å²) in [6.07, 6.45) is 0. The molecule has 0 aliphatic rings. The van der Waals surface area contributed by atoms with Crippen molar-refractivity contribution < 1.29 is 9.18 Å². The van der Waals surface area contributed by atoms with Crippen molar-refractivity contribution in [2.45, 2.75) is 0 Å². The molecule has 0 aliphatic heterocycles. The molecule has 0 saturated heterocycles. The number of hydrogen-bond acceptors (Lipinski definition) is 2. The number of benzene rings is 2. The maximum absolute atomic E-state index is 13.0. The predicted octanol–water partition coefficient (Wildman–Crippen LogP) is 4.84. The third-order valence-electron chi connectivity index (χ3n) is 2.59. The molecule has 7 heteroatoms. The minimum absolute atomic E-state index is 0.0432. The van der Waals surface area contributed by atoms with Gasteiger partial charge in [0.2, 0.25) is 5.91 Å². The first-order chi connectivity index (χ1) is 9.97. The van der Waals surface area contributed by atoms with E-state index in [1.165, 1.54) is 18.2 Å². The van der Waals surface area contributed by atoms with Gasteiger partial charge in [-0.1, -0.05) is 40.9 Å². The van der Waals surface area contributed by atoms with Crippen molar-refractivity contribution in [1.82, 2.24) is 0 Å². The van der Waals surface area contributed by atoms with Gasteiger partial charge in [-0.05, 0) is 30.3 Å². The fourth-order valence-electron chi connectivity index (χ4n) is 1.61. The number of nitrogens with one attached hydrogen (secondary N) is 2. The van der Waals surface area contributed by atoms with Crippen LogP contribution in [0.5, 0.6) is 0 Å². The van der Waals surface area contributed by atoms with Gasteiger partial charge in [-0.15, -0.1) is 0 Å². The molecule has 0 fully saturated rings. The van der Waals surface area contributed by atoms with Crippen LogP contribution in [0.1, 0.15) is 0 Å². The van der Waals surface area contributed by atoms with E-state index < -0.39 is 5.82 Å². The summed E-state index contributed by atoms with van der Waals surface area (Å²) in [4.78, 5) is 11.8. The van der Waals surface area contributed by atoms with Crippen molar-refractivity contribution in [1.29, 1.82) is 0 Å². The lowest BCUT2D eigenvalue weighted by Crippen LogP contribution is -2.22. The summed E-state index contributed by atoms with van der Waals surface area (Å²) >= 11 is 17.6. The number of hydrogen-bond donors (Lipinski definition) is 2. The van der Waals surface area contributed by atoms with Gasteiger partial charge >= 0.3 is 0 Å². The van der Waals surface area contributed by atoms with Crippen molar-refractivity contribution in [3.63, 3.8) is 0 Å². The number of halogens is 4. The van der Waals surface area contributed by atoms with Gasteiger partial charge in [-0.3, -0.25) is 4.79 Å². The molecule has 2 N–H and O–H groups in total. The Labute approximate surface area is 136 Å². The fraction of sp³-hybridized carbons (Fsp3) is 0.0714. The number of anilines is 2. The van der Waals surface area contributed by atoms with Crippen molar-refractivity contribution in [2.24, 2.45) is 0 Å². The standard InChI is InChI=1S/C14H10Cl3FN2O/c15-9-2-1-3-10(16)14(9)19-7-13(21)20-8-4-5-12(18)11(17)6-8/h1-6,19H,7H2,(H,20,21). The quantitative estimate of drug-likeness (QED) is 0.831. The van der Waals surface area contributed by atoms with Crippen LogP contribution in [-0.2, 0) is 4.79 Å². The SMILES string of the molecule is O=C(CNc1c(Cl)cccc1Cl)Nc1ccc(F)c(Cl)c1. The van der Waals surface area contributed by atoms with E-state index in [1.807, 2.05) is 0 Å². The number of rotatable bonds is 4. The van der Waals surface area contributed by atoms with E-state index in [4.69, 9.17) is 34.8 Å². The second kappa shape index (κ2) is 6.98. The maximum atomic E-state index is 13.0. The molecule has 0 heterocycles. The Hall–Kier alpha value is -1.49. The van der Waals surface area contributed by atoms with Crippen LogP contribution >= 0.6 is 34.8 Å². The van der Waals surface area contributed by atoms with Crippen LogP contribution in [0.15, 0.2) is 36.4 Å². The van der Waals surface area contributed by atoms with E-state index in [0.717, 1.165) is 0 Å². The van der Waals surface area contributed by atoms with Gasteiger partial charge in [0.25, 0.3) is 0 Å². The summed E-state index contributed by atoms with van der Waals surface area (Å²) in [6, 6.07) is 8.95. The molecule has 2 rings (SSSR count). The molecule has 2 aromatic rings. The van der Waals surface area contributed by atoms with Crippen LogP contribution in [0, 0.1) is 5.82 Å². The van der Waals surface area contributed by atoms with Crippen molar-refractivity contribution in [3.8, 4) is 0 Å². The molecule has 0 aromatic heterocycles. The summed E-state index contributed by atoms with van der Waals surface area (Å²) < 4.78 is 13.0. The van der Waals surface area contributed by atoms with Crippen molar-refractivity contribution in [3.05, 3.63) is 57.3 Å². The maximum Gasteiger partial charge on any atom is 0.243 e. The number of carbonyl (C=O) groups excluding carboxylic acids is 1. The zero-order valence-electron chi connectivity index (χ0n) is 10.6. The number of carbonyl (C=O) groups is 1. The van der Waals surface area contributed by atoms with Crippen molar-refractivity contribution >= 4 is 52.1 Å². The molecule has 2 aromatic carbocycles. The molecule has 0 spiro atoms. The molecule has 0 bridgehead atoms. The third-order valence-corrected chi connectivity index (χ3v) is 3.51. The summed E-state index contributed by atoms with van der Waals surface area (Å²) in [6.45, 7) is -0.0432. The van der Waals surface area contributed by atoms with Crippen molar-refractivity contribution in [2.75, 3.05) is 17.2 Å². The average Bonchev–Trinajstić information content (AvgIpc) is 2.42. The highest BCUT2D eigenvalue weighted by Gasteiger charge is 2.08. The number of para-hydroxylation sites is 1. The molecule has 3 nitrogen and oxygen atoms in total. The summed E-state index contributed by atoms with van der Waals surface area (Å²) in [5.41, 5.74) is 0.881. The fourth-order valence-corrected chi connectivity index (χ4v) is 2.33. The second-order valence-corrected chi connectivity index (χ2v) is 5.35. The normalized spacial score (nSPS) is 10.3. The van der Waals surface area contributed by atoms with Crippen LogP contribution in [0.4, 0.5) is 15.8 Å². The first-order valence-electron chi connectivity index (χ1n) is 5.90. The second-order valence-electron chi connectivity index (χ2n) is 4.13. The van der Waals surface area contributed by atoms with E-state index >= 15 is 0 Å². The Morgan fingerprint density at radius 2 is 1.71 bits per heavy atom. The Kier molecular flexibility index (Phi) is 5.28. The lowest BCUT2D eigenvalue weighted by Gasteiger charge is -2.10. The third kappa shape index (κ3) is 4.24. The van der Waals surface area contributed by atoms with E-state index in [9.17, 15) is 9.18 Å². The molecule has 0 radical (unpaired) electrons. The van der Waals surface area contributed by atoms with Gasteiger partial charge in [0, 0.05) is 5.69 Å². The van der Waals surface area contributed by atoms with Gasteiger partial charge in [0.1, 0.15) is 5.82 Å². The lowest BCUT2D eigenvalue weighted by molar-refractivity contribution is -0.114. The molecule has 0 aliphatic carbocycles. The van der Waals surface area contributed by atoms with E-state index in [-0.39, 0.29) is 17.5 Å². The summed E-state index contributed by atoms with van der Waals surface area (Å²) in [5, 5.41) is 6.20. The first kappa shape index (κ1) is 15.9. The van der Waals surface area contributed by atoms with E-state index in [1.54, 1.807) is 18.2 Å². The Bertz CT molecular complexity index is 659. The van der Waals surface area contributed by atoms with Crippen LogP contribution in [0.25, 0.3) is 0 Å². The van der Waals surface area contributed by atoms with Gasteiger partial charge in [-0.25, -0.2) is 4.39 Å². The topological polar surface area (TPSA) is 41.1 Å². The molecule has 0 atom stereocenters. The monoisotopic (exact) mass is 346 g/mol. The zero-order chi connectivity index (χ0) is 15.4. The minimum Gasteiger partial charge on any atom is -0.374 e. The van der Waals surface area contributed by atoms with Crippen LogP contribution in [0.3, 0.4) is 0 Å². The van der Waals surface area contributed by atoms with Gasteiger partial charge in [0.15, 0.2) is 0 Å². The molecular weight excluding hydrogens is 338 g/mol. The largest absolute Gasteiger partial charge is 0.374 e. The molecule has 1 amide bonds. The predicted molar refractivity (Wildman–Crippen MR) is 85.0 cm³/mol. The molecular formula is C14H10Cl3FN2O. The van der Waals surface area contributed by atoms with Gasteiger partial charge < -0.3 is 10.6 Å². The van der Waals surface area contributed by atoms with Gasteiger partial charge in [-0.2, -0.15) is 0 Å². The Morgan fingerprint density at radius 1 is 1.05 bits per heavy atom. The molecule has 0 unspecified atom stereocenters. The van der Waals surface area contributed by atoms with E-state index in [0.29, 0.717) is 21.4 Å². The summed E-state index contributed by atoms with van der Waals surface area (Å²) in [7, 11) is 0. The number of amides is 1. The van der Waals surface area contributed by atoms with Crippen LogP contribution < -0.4 is 10.6 Å². The lowest BCUT2D eigenvalue weighted by atomic mass is 10.3. The Balaban J connectivity index is 1.97. The Morgan fingerprint density at radius 3 is 2.33 bits per heavy atom. The average molecular weight is 348 g/mol. The first-order valence-corrected chi connectivity index (χ1v) is 7.03. The smallest absolute Gasteiger partial charge is 0.243 e. The van der Waals surface area contributed by atoms with Crippen LogP contribution in [-0.4, -0.2) is 12.5 Å². The highest BCUT2D eigenvalue weighted by molar-refractivity contribution is 6.39. The zero-order valence-corrected chi connectivity index (χ0v) is 12.9. The highest BCUT2D eigenvalue weighted by atomic mass is 35.5. The minimum atomic E-state index is -0.546. The molecule has 0 saturated carbocycles. The molecule has 110 valence electrons. The molecule has 21 heavy (non-hydrogen) atoms. The van der Waals surface area contributed by atoms with Crippen LogP contribution in [0.2, 0.25) is 15.1 Å². The summed E-state index contributed by atoms with van der Waals surface area (Å²) in [5.74, 6) is -0.885.